The van der Waals surface area contributed by atoms with E-state index in [4.69, 9.17) is 18.9 Å². The summed E-state index contributed by atoms with van der Waals surface area (Å²) in [6, 6.07) is 18.3. The highest BCUT2D eigenvalue weighted by Gasteiger charge is 2.35. The Morgan fingerprint density at radius 1 is 0.336 bits per heavy atom. The van der Waals surface area contributed by atoms with E-state index in [1.54, 1.807) is 67.6 Å². The van der Waals surface area contributed by atoms with Crippen LogP contribution in [0.25, 0.3) is 0 Å². The van der Waals surface area contributed by atoms with E-state index in [-0.39, 0.29) is 204 Å². The van der Waals surface area contributed by atoms with Gasteiger partial charge in [0.25, 0.3) is 0 Å². The van der Waals surface area contributed by atoms with Crippen molar-refractivity contribution in [3.63, 3.8) is 0 Å². The fourth-order valence-corrected chi connectivity index (χ4v) is 21.5. The molecule has 24 nitrogen and oxygen atoms in total. The van der Waals surface area contributed by atoms with Crippen molar-refractivity contribution in [2.75, 3.05) is 72.5 Å². The van der Waals surface area contributed by atoms with Crippen LogP contribution in [-0.4, -0.2) is 153 Å². The summed E-state index contributed by atoms with van der Waals surface area (Å²) in [6.07, 6.45) is 21.7. The van der Waals surface area contributed by atoms with Crippen LogP contribution in [0.1, 0.15) is 255 Å². The third kappa shape index (κ3) is 35.9. The van der Waals surface area contributed by atoms with E-state index in [9.17, 15) is 89.6 Å². The molecule has 8 amide bonds. The molecular weight excluding hydrogens is 1660 g/mol. The van der Waals surface area contributed by atoms with Gasteiger partial charge < -0.3 is 18.9 Å². The molecular formula is C90H126F4N4O20S4. The minimum atomic E-state index is -3.31. The first-order valence-electron chi connectivity index (χ1n) is 42.4. The average molecular weight is 1790 g/mol. The molecule has 8 atom stereocenters. The summed E-state index contributed by atoms with van der Waals surface area (Å²) in [7, 11) is -13.1. The van der Waals surface area contributed by atoms with Crippen LogP contribution in [0, 0.1) is 70.6 Å². The van der Waals surface area contributed by atoms with Gasteiger partial charge in [-0.15, -0.1) is 0 Å². The Balaban J connectivity index is 0.000000223. The highest BCUT2D eigenvalue weighted by atomic mass is 32.2. The third-order valence-corrected chi connectivity index (χ3v) is 30.4. The van der Waals surface area contributed by atoms with Gasteiger partial charge in [0.15, 0.2) is 85.6 Å². The number of sulfone groups is 4. The van der Waals surface area contributed by atoms with Crippen molar-refractivity contribution in [2.24, 2.45) is 47.3 Å². The molecule has 0 bridgehead atoms. The Labute approximate surface area is 718 Å². The molecule has 0 aromatic heterocycles. The molecule has 4 aliphatic heterocycles. The van der Waals surface area contributed by atoms with Gasteiger partial charge in [-0.05, 0) is 221 Å². The summed E-state index contributed by atoms with van der Waals surface area (Å²) < 4.78 is 178. The van der Waals surface area contributed by atoms with Crippen molar-refractivity contribution >= 4 is 86.6 Å². The first-order valence-corrected chi connectivity index (χ1v) is 49.7. The molecule has 32 heteroatoms. The molecule has 12 rings (SSSR count). The first kappa shape index (κ1) is 101. The van der Waals surface area contributed by atoms with Crippen molar-refractivity contribution in [3.8, 4) is 23.0 Å². The maximum atomic E-state index is 14.0. The zero-order valence-electron chi connectivity index (χ0n) is 69.2. The fourth-order valence-electron chi connectivity index (χ4n) is 14.6. The van der Waals surface area contributed by atoms with Gasteiger partial charge >= 0.3 is 0 Å². The molecule has 0 spiro atoms. The van der Waals surface area contributed by atoms with Crippen LogP contribution in [0.3, 0.4) is 0 Å². The largest absolute Gasteiger partial charge is 0.490 e. The van der Waals surface area contributed by atoms with Gasteiger partial charge in [-0.2, -0.15) is 0 Å². The molecule has 4 N–H and O–H groups in total. The van der Waals surface area contributed by atoms with Crippen molar-refractivity contribution in [3.05, 3.63) is 130 Å². The molecule has 4 saturated heterocycles. The van der Waals surface area contributed by atoms with E-state index >= 15 is 0 Å². The second kappa shape index (κ2) is 47.8. The van der Waals surface area contributed by atoms with Crippen LogP contribution in [0.4, 0.5) is 17.6 Å². The number of allylic oxidation sites excluding steroid dienone is 2. The maximum Gasteiger partial charge on any atom is 0.230 e. The van der Waals surface area contributed by atoms with E-state index in [0.29, 0.717) is 121 Å². The molecule has 4 saturated carbocycles. The van der Waals surface area contributed by atoms with Gasteiger partial charge in [-0.25, -0.2) is 51.2 Å². The lowest BCUT2D eigenvalue weighted by Gasteiger charge is -2.15. The Morgan fingerprint density at radius 3 is 0.803 bits per heavy atom. The molecule has 4 aliphatic carbocycles. The highest BCUT2D eigenvalue weighted by Crippen LogP contribution is 2.37. The van der Waals surface area contributed by atoms with Gasteiger partial charge in [0.1, 0.15) is 0 Å². The molecule has 8 aliphatic rings. The number of ether oxygens (including phenoxy) is 4. The predicted molar refractivity (Wildman–Crippen MR) is 459 cm³/mol. The molecule has 4 heterocycles. The summed E-state index contributed by atoms with van der Waals surface area (Å²) in [5.41, 5.74) is 2.99. The van der Waals surface area contributed by atoms with E-state index in [1.165, 1.54) is 24.3 Å². The number of benzene rings is 4. The van der Waals surface area contributed by atoms with E-state index < -0.39 is 62.6 Å². The third-order valence-electron chi connectivity index (χ3n) is 22.8. The van der Waals surface area contributed by atoms with E-state index in [2.05, 4.69) is 21.3 Å². The Hall–Kier alpha value is -8.10. The molecule has 4 unspecified atom stereocenters. The number of hydrogen-bond acceptors (Lipinski definition) is 20. The molecule has 678 valence electrons. The summed E-state index contributed by atoms with van der Waals surface area (Å²) in [4.78, 5) is 90.7. The Morgan fingerprint density at radius 2 is 0.574 bits per heavy atom. The monoisotopic (exact) mass is 1790 g/mol. The van der Waals surface area contributed by atoms with Crippen LogP contribution in [0.15, 0.2) is 84.9 Å². The molecule has 8 fully saturated rings. The Bertz CT molecular complexity index is 4400. The van der Waals surface area contributed by atoms with Crippen LogP contribution in [-0.2, 0) is 77.7 Å². The second-order valence-electron chi connectivity index (χ2n) is 34.1. The molecule has 4 aromatic rings. The van der Waals surface area contributed by atoms with E-state index in [0.717, 1.165) is 92.9 Å². The Kier molecular flexibility index (Phi) is 39.6. The topological polar surface area (TPSA) is 358 Å². The first-order chi connectivity index (χ1) is 56.9. The van der Waals surface area contributed by atoms with Gasteiger partial charge in [-0.1, -0.05) is 117 Å². The number of carbonyl (C=O) groups excluding carboxylic acids is 8. The number of imide groups is 4. The summed E-state index contributed by atoms with van der Waals surface area (Å²) in [5.74, 6) is -2.84. The lowest BCUT2D eigenvalue weighted by atomic mass is 10.00. The standard InChI is InChI=1S/3C22H30FNO5S.C22H28FNO5S.2CH4/c4*1-15(17-8-9-19(23)20(11-17)29-13-16-6-7-16)14-30(27,28)10-4-2-3-5-18-12-21(25)24-22(18)26;;/h3*8-9,11,15-16,18H,2-7,10,12-14H2,1H3,(H,24,25,26);2-3,8-9,11,15-16,18H,4-7,10,12-14H2,1H3,(H,24,25,26);2*1H4/b;;;3-2+;;/t4*15-,18?;;/m0000../s1. The SMILES string of the molecule is C.C.C[C@@H](CS(=O)(=O)CC/C=C/CC1CC(=O)NC1=O)c1ccc(F)c(OCC2CC2)c1.C[C@@H](CS(=O)(=O)CCCCCC1CC(=O)NC1=O)c1ccc(F)c(OCC2CC2)c1.C[C@@H](CS(=O)(=O)CCCCCC1CC(=O)NC1=O)c1ccc(F)c(OCC2CC2)c1.C[C@@H](CS(=O)(=O)CCCCCC1CC(=O)NC1=O)c1ccc(F)c(OCC2CC2)c1. The van der Waals surface area contributed by atoms with Crippen molar-refractivity contribution < 1.29 is 109 Å². The number of unbranched alkanes of at least 4 members (excludes halogenated alkanes) is 6. The number of halogens is 4. The van der Waals surface area contributed by atoms with Gasteiger partial charge in [0, 0.05) is 43.4 Å². The van der Waals surface area contributed by atoms with Gasteiger partial charge in [0.2, 0.25) is 47.3 Å². The number of nitrogens with one attached hydrogen (secondary N) is 4. The number of rotatable bonds is 47. The molecule has 0 radical (unpaired) electrons. The normalized spacial score (nSPS) is 20.0. The lowest BCUT2D eigenvalue weighted by Crippen LogP contribution is -2.22. The summed E-state index contributed by atoms with van der Waals surface area (Å²) in [5, 5.41) is 9.11. The predicted octanol–water partition coefficient (Wildman–Crippen LogP) is 14.5. The number of amides is 8. The summed E-state index contributed by atoms with van der Waals surface area (Å²) in [6.45, 7) is 9.29. The zero-order valence-corrected chi connectivity index (χ0v) is 72.5. The average Bonchev–Trinajstić information content (AvgIpc) is 1.48. The van der Waals surface area contributed by atoms with Crippen molar-refractivity contribution in [2.45, 2.75) is 233 Å². The summed E-state index contributed by atoms with van der Waals surface area (Å²) >= 11 is 0. The highest BCUT2D eigenvalue weighted by molar-refractivity contribution is 7.92. The maximum absolute atomic E-state index is 14.0. The molecule has 4 aromatic carbocycles. The molecule has 122 heavy (non-hydrogen) atoms. The van der Waals surface area contributed by atoms with Crippen LogP contribution in [0.5, 0.6) is 23.0 Å². The van der Waals surface area contributed by atoms with Crippen LogP contribution >= 0.6 is 0 Å². The second-order valence-corrected chi connectivity index (χ2v) is 43.1. The smallest absolute Gasteiger partial charge is 0.230 e. The van der Waals surface area contributed by atoms with Crippen LogP contribution in [0.2, 0.25) is 0 Å². The zero-order chi connectivity index (χ0) is 86.9. The van der Waals surface area contributed by atoms with E-state index in [1.807, 2.05) is 20.8 Å². The lowest BCUT2D eigenvalue weighted by molar-refractivity contribution is -0.127. The van der Waals surface area contributed by atoms with Gasteiger partial charge in [-0.3, -0.25) is 59.6 Å². The van der Waals surface area contributed by atoms with Crippen molar-refractivity contribution in [1.29, 1.82) is 0 Å². The van der Waals surface area contributed by atoms with Crippen LogP contribution < -0.4 is 40.2 Å². The number of carbonyl (C=O) groups is 8. The van der Waals surface area contributed by atoms with Gasteiger partial charge in [0.05, 0.1) is 78.4 Å². The fraction of sp³-hybridized carbons (Fsp3) is 0.622. The quantitative estimate of drug-likeness (QED) is 0.0138. The number of hydrogen-bond donors (Lipinski definition) is 4. The minimum Gasteiger partial charge on any atom is -0.490 e. The minimum absolute atomic E-state index is 0. The van der Waals surface area contributed by atoms with Crippen molar-refractivity contribution in [1.82, 2.24) is 21.3 Å².